The molecule has 1 aromatic carbocycles. The summed E-state index contributed by atoms with van der Waals surface area (Å²) in [5.41, 5.74) is 2.41. The van der Waals surface area contributed by atoms with Gasteiger partial charge in [0.25, 0.3) is 0 Å². The van der Waals surface area contributed by atoms with Crippen LogP contribution in [0.1, 0.15) is 12.1 Å². The van der Waals surface area contributed by atoms with Crippen LogP contribution < -0.4 is 10.6 Å². The van der Waals surface area contributed by atoms with E-state index in [0.717, 1.165) is 31.2 Å². The Morgan fingerprint density at radius 3 is 2.76 bits per heavy atom. The molecule has 2 N–H and O–H groups in total. The molecule has 0 radical (unpaired) electrons. The Hall–Kier alpha value is -2.03. The fourth-order valence-corrected chi connectivity index (χ4v) is 2.76. The van der Waals surface area contributed by atoms with Gasteiger partial charge in [0.1, 0.15) is 0 Å². The predicted molar refractivity (Wildman–Crippen MR) is 113 cm³/mol. The highest BCUT2D eigenvalue weighted by atomic mass is 127. The number of guanidine groups is 1. The molecule has 0 aliphatic carbocycles. The van der Waals surface area contributed by atoms with Crippen LogP contribution in [0.4, 0.5) is 0 Å². The minimum absolute atomic E-state index is 0. The zero-order valence-electron chi connectivity index (χ0n) is 14.6. The number of fused-ring (bicyclic) bond motifs is 1. The lowest BCUT2D eigenvalue weighted by Gasteiger charge is -2.12. The molecule has 2 aromatic heterocycles. The number of halogens is 1. The summed E-state index contributed by atoms with van der Waals surface area (Å²) in [6, 6.07) is 12.6. The first-order valence-corrected chi connectivity index (χ1v) is 8.23. The average molecular weight is 452 g/mol. The Kier molecular flexibility index (Phi) is 7.30. The molecule has 0 amide bonds. The largest absolute Gasteiger partial charge is 0.356 e. The van der Waals surface area contributed by atoms with Gasteiger partial charge >= 0.3 is 0 Å². The minimum atomic E-state index is 0. The third kappa shape index (κ3) is 4.97. The van der Waals surface area contributed by atoms with Gasteiger partial charge in [-0.3, -0.25) is 9.67 Å². The van der Waals surface area contributed by atoms with Crippen molar-refractivity contribution in [3.05, 3.63) is 54.5 Å². The smallest absolute Gasteiger partial charge is 0.191 e. The first kappa shape index (κ1) is 19.3. The Morgan fingerprint density at radius 1 is 1.16 bits per heavy atom. The van der Waals surface area contributed by atoms with Gasteiger partial charge in [0.05, 0.1) is 12.2 Å². The first-order chi connectivity index (χ1) is 11.8. The van der Waals surface area contributed by atoms with Gasteiger partial charge in [0, 0.05) is 45.1 Å². The third-order valence-corrected chi connectivity index (χ3v) is 4.13. The fourth-order valence-electron chi connectivity index (χ4n) is 2.76. The maximum atomic E-state index is 4.26. The van der Waals surface area contributed by atoms with Crippen LogP contribution >= 0.6 is 24.0 Å². The molecule has 3 rings (SSSR count). The molecule has 7 heteroatoms. The van der Waals surface area contributed by atoms with Crippen molar-refractivity contribution >= 4 is 40.8 Å². The van der Waals surface area contributed by atoms with Crippen molar-refractivity contribution in [2.45, 2.75) is 19.5 Å². The van der Waals surface area contributed by atoms with Crippen LogP contribution in [0.5, 0.6) is 0 Å². The summed E-state index contributed by atoms with van der Waals surface area (Å²) in [7, 11) is 3.73. The monoisotopic (exact) mass is 452 g/mol. The molecule has 0 bridgehead atoms. The summed E-state index contributed by atoms with van der Waals surface area (Å²) in [4.78, 5) is 4.26. The minimum Gasteiger partial charge on any atom is -0.356 e. The van der Waals surface area contributed by atoms with Crippen molar-refractivity contribution < 1.29 is 0 Å². The second-order valence-corrected chi connectivity index (χ2v) is 5.72. The lowest BCUT2D eigenvalue weighted by molar-refractivity contribution is 0.636. The quantitative estimate of drug-likeness (QED) is 0.262. The van der Waals surface area contributed by atoms with Crippen molar-refractivity contribution in [1.29, 1.82) is 0 Å². The number of nitrogens with zero attached hydrogens (tertiary/aromatic N) is 4. The molecule has 0 aliphatic rings. The molecule has 0 fully saturated rings. The van der Waals surface area contributed by atoms with Gasteiger partial charge in [-0.25, -0.2) is 0 Å². The zero-order valence-corrected chi connectivity index (χ0v) is 17.0. The predicted octanol–water partition coefficient (Wildman–Crippen LogP) is 2.75. The van der Waals surface area contributed by atoms with E-state index >= 15 is 0 Å². The van der Waals surface area contributed by atoms with E-state index < -0.39 is 0 Å². The van der Waals surface area contributed by atoms with Crippen LogP contribution in [-0.4, -0.2) is 33.9 Å². The molecule has 2 heterocycles. The molecule has 0 saturated heterocycles. The van der Waals surface area contributed by atoms with E-state index in [1.807, 2.05) is 17.8 Å². The number of para-hydroxylation sites is 1. The molecular formula is C18H25IN6. The molecular weight excluding hydrogens is 427 g/mol. The number of benzene rings is 1. The van der Waals surface area contributed by atoms with E-state index in [9.17, 15) is 0 Å². The van der Waals surface area contributed by atoms with E-state index in [2.05, 4.69) is 61.8 Å². The summed E-state index contributed by atoms with van der Waals surface area (Å²) in [6.45, 7) is 2.56. The second-order valence-electron chi connectivity index (χ2n) is 5.72. The van der Waals surface area contributed by atoms with Crippen LogP contribution in [0.2, 0.25) is 0 Å². The Morgan fingerprint density at radius 2 is 2.00 bits per heavy atom. The highest BCUT2D eigenvalue weighted by molar-refractivity contribution is 14.0. The maximum Gasteiger partial charge on any atom is 0.191 e. The number of hydrogen-bond donors (Lipinski definition) is 2. The fraction of sp³-hybridized carbons (Fsp3) is 0.333. The molecule has 25 heavy (non-hydrogen) atoms. The lowest BCUT2D eigenvalue weighted by Crippen LogP contribution is -2.37. The number of rotatable bonds is 6. The van der Waals surface area contributed by atoms with Gasteiger partial charge in [-0.15, -0.1) is 24.0 Å². The van der Waals surface area contributed by atoms with Gasteiger partial charge in [-0.2, -0.15) is 5.10 Å². The lowest BCUT2D eigenvalue weighted by atomic mass is 10.2. The Labute approximate surface area is 165 Å². The topological polar surface area (TPSA) is 59.2 Å². The molecule has 3 aromatic rings. The molecule has 0 saturated carbocycles. The van der Waals surface area contributed by atoms with E-state index in [0.29, 0.717) is 6.54 Å². The summed E-state index contributed by atoms with van der Waals surface area (Å²) >= 11 is 0. The highest BCUT2D eigenvalue weighted by Gasteiger charge is 2.02. The van der Waals surface area contributed by atoms with Crippen molar-refractivity contribution in [2.75, 3.05) is 13.6 Å². The number of nitrogens with one attached hydrogen (secondary N) is 2. The van der Waals surface area contributed by atoms with Crippen LogP contribution in [0.3, 0.4) is 0 Å². The van der Waals surface area contributed by atoms with E-state index in [1.165, 1.54) is 10.9 Å². The van der Waals surface area contributed by atoms with Gasteiger partial charge in [-0.1, -0.05) is 18.2 Å². The summed E-state index contributed by atoms with van der Waals surface area (Å²) < 4.78 is 4.15. The van der Waals surface area contributed by atoms with Gasteiger partial charge in [0.2, 0.25) is 0 Å². The molecule has 6 nitrogen and oxygen atoms in total. The second kappa shape index (κ2) is 9.45. The van der Waals surface area contributed by atoms with Gasteiger partial charge in [0.15, 0.2) is 5.96 Å². The highest BCUT2D eigenvalue weighted by Crippen LogP contribution is 2.15. The number of hydrogen-bond acceptors (Lipinski definition) is 2. The SMILES string of the molecule is CN=C(NCCCn1ccc2ccccc21)NCc1ccnn1C.I. The molecule has 0 unspecified atom stereocenters. The molecule has 0 atom stereocenters. The van der Waals surface area contributed by atoms with Crippen molar-refractivity contribution in [3.8, 4) is 0 Å². The Bertz CT molecular complexity index is 820. The summed E-state index contributed by atoms with van der Waals surface area (Å²) in [5, 5.41) is 12.1. The van der Waals surface area contributed by atoms with Gasteiger partial charge < -0.3 is 15.2 Å². The standard InChI is InChI=1S/C18H24N6.HI/c1-19-18(21-14-16-8-11-22-23(16)2)20-10-5-12-24-13-9-15-6-3-4-7-17(15)24;/h3-4,6-9,11,13H,5,10,12,14H2,1-2H3,(H2,19,20,21);1H. The van der Waals surface area contributed by atoms with E-state index in [-0.39, 0.29) is 24.0 Å². The Balaban J connectivity index is 0.00000225. The third-order valence-electron chi connectivity index (χ3n) is 4.13. The maximum absolute atomic E-state index is 4.26. The molecule has 134 valence electrons. The van der Waals surface area contributed by atoms with Crippen LogP contribution in [-0.2, 0) is 20.1 Å². The van der Waals surface area contributed by atoms with E-state index in [1.54, 1.807) is 13.2 Å². The molecule has 0 spiro atoms. The number of aromatic nitrogens is 3. The van der Waals surface area contributed by atoms with Crippen molar-refractivity contribution in [3.63, 3.8) is 0 Å². The van der Waals surface area contributed by atoms with Crippen molar-refractivity contribution in [2.24, 2.45) is 12.0 Å². The average Bonchev–Trinajstić information content (AvgIpc) is 3.21. The number of aryl methyl sites for hydroxylation is 2. The summed E-state index contributed by atoms with van der Waals surface area (Å²) in [5.74, 6) is 0.813. The molecule has 0 aliphatic heterocycles. The van der Waals surface area contributed by atoms with Gasteiger partial charge in [-0.05, 0) is 30.0 Å². The van der Waals surface area contributed by atoms with Crippen molar-refractivity contribution in [1.82, 2.24) is 25.0 Å². The normalized spacial score (nSPS) is 11.4. The zero-order chi connectivity index (χ0) is 16.8. The van der Waals surface area contributed by atoms with Crippen LogP contribution in [0.15, 0.2) is 53.8 Å². The number of aliphatic imine (C=N–C) groups is 1. The first-order valence-electron chi connectivity index (χ1n) is 8.23. The van der Waals surface area contributed by atoms with E-state index in [4.69, 9.17) is 0 Å². The summed E-state index contributed by atoms with van der Waals surface area (Å²) in [6.07, 6.45) is 4.99. The van der Waals surface area contributed by atoms with Crippen LogP contribution in [0.25, 0.3) is 10.9 Å². The van der Waals surface area contributed by atoms with Crippen LogP contribution in [0, 0.1) is 0 Å².